The lowest BCUT2D eigenvalue weighted by Gasteiger charge is -2.28. The van der Waals surface area contributed by atoms with Crippen molar-refractivity contribution >= 4 is 34.3 Å². The molecule has 1 aromatic rings. The van der Waals surface area contributed by atoms with Gasteiger partial charge < -0.3 is 10.1 Å². The standard InChI is InChI=1S/C14H18BrNO2.ClH/c1-14(2,3)18-13(17)12-7-10-6-11(15)5-4-9(10)8-16-12;/h4-6,12,16H,7-8H2,1-3H3;1H. The number of carbonyl (C=O) groups is 1. The Bertz CT molecular complexity index is 471. The number of fused-ring (bicyclic) bond motifs is 1. The van der Waals surface area contributed by atoms with Gasteiger partial charge in [-0.1, -0.05) is 22.0 Å². The van der Waals surface area contributed by atoms with Crippen LogP contribution >= 0.6 is 28.3 Å². The Balaban J connectivity index is 0.00000180. The molecule has 0 spiro atoms. The summed E-state index contributed by atoms with van der Waals surface area (Å²) in [5.41, 5.74) is 2.02. The number of hydrogen-bond donors (Lipinski definition) is 1. The summed E-state index contributed by atoms with van der Waals surface area (Å²) in [6.07, 6.45) is 0.684. The van der Waals surface area contributed by atoms with Gasteiger partial charge in [0.15, 0.2) is 0 Å². The third-order valence-electron chi connectivity index (χ3n) is 2.82. The van der Waals surface area contributed by atoms with Crippen LogP contribution in [0.5, 0.6) is 0 Å². The summed E-state index contributed by atoms with van der Waals surface area (Å²) in [7, 11) is 0. The number of benzene rings is 1. The fraction of sp³-hybridized carbons (Fsp3) is 0.500. The molecule has 0 aliphatic carbocycles. The number of rotatable bonds is 1. The molecular formula is C14H19BrClNO2. The predicted octanol–water partition coefficient (Wildman–Crippen LogP) is 3.23. The van der Waals surface area contributed by atoms with E-state index in [4.69, 9.17) is 4.74 Å². The lowest BCUT2D eigenvalue weighted by Crippen LogP contribution is -2.45. The highest BCUT2D eigenvalue weighted by Crippen LogP contribution is 2.22. The maximum atomic E-state index is 12.0. The minimum Gasteiger partial charge on any atom is -0.459 e. The lowest BCUT2D eigenvalue weighted by atomic mass is 9.96. The first-order valence-corrected chi connectivity index (χ1v) is 6.88. The fourth-order valence-corrected chi connectivity index (χ4v) is 2.43. The van der Waals surface area contributed by atoms with Crippen LogP contribution in [0.15, 0.2) is 22.7 Å². The highest BCUT2D eigenvalue weighted by Gasteiger charge is 2.28. The molecule has 1 unspecified atom stereocenters. The molecule has 1 atom stereocenters. The molecule has 1 N–H and O–H groups in total. The number of nitrogens with one attached hydrogen (secondary N) is 1. The summed E-state index contributed by atoms with van der Waals surface area (Å²) in [4.78, 5) is 12.0. The Morgan fingerprint density at radius 1 is 1.37 bits per heavy atom. The Morgan fingerprint density at radius 2 is 2.05 bits per heavy atom. The molecule has 0 radical (unpaired) electrons. The SMILES string of the molecule is CC(C)(C)OC(=O)C1Cc2cc(Br)ccc2CN1.Cl. The van der Waals surface area contributed by atoms with Crippen molar-refractivity contribution in [1.82, 2.24) is 5.32 Å². The van der Waals surface area contributed by atoms with Gasteiger partial charge in [0, 0.05) is 11.0 Å². The Hall–Kier alpha value is -0.580. The van der Waals surface area contributed by atoms with Gasteiger partial charge >= 0.3 is 5.97 Å². The molecule has 1 heterocycles. The van der Waals surface area contributed by atoms with Gasteiger partial charge in [0.25, 0.3) is 0 Å². The molecule has 5 heteroatoms. The van der Waals surface area contributed by atoms with Crippen LogP contribution < -0.4 is 5.32 Å². The normalized spacial score (nSPS) is 18.2. The smallest absolute Gasteiger partial charge is 0.324 e. The molecule has 19 heavy (non-hydrogen) atoms. The quantitative estimate of drug-likeness (QED) is 0.792. The van der Waals surface area contributed by atoms with Crippen LogP contribution in [-0.2, 0) is 22.5 Å². The first-order valence-electron chi connectivity index (χ1n) is 6.09. The van der Waals surface area contributed by atoms with Crippen molar-refractivity contribution in [3.05, 3.63) is 33.8 Å². The first-order chi connectivity index (χ1) is 8.35. The second kappa shape index (κ2) is 6.25. The molecule has 106 valence electrons. The van der Waals surface area contributed by atoms with Gasteiger partial charge in [-0.15, -0.1) is 12.4 Å². The van der Waals surface area contributed by atoms with Gasteiger partial charge in [-0.3, -0.25) is 4.79 Å². The van der Waals surface area contributed by atoms with Crippen molar-refractivity contribution in [3.63, 3.8) is 0 Å². The average molecular weight is 349 g/mol. The third kappa shape index (κ3) is 4.48. The van der Waals surface area contributed by atoms with E-state index in [1.54, 1.807) is 0 Å². The van der Waals surface area contributed by atoms with Crippen molar-refractivity contribution in [2.24, 2.45) is 0 Å². The minimum absolute atomic E-state index is 0. The highest BCUT2D eigenvalue weighted by molar-refractivity contribution is 9.10. The molecule has 0 aromatic heterocycles. The maximum Gasteiger partial charge on any atom is 0.324 e. The van der Waals surface area contributed by atoms with E-state index in [1.165, 1.54) is 11.1 Å². The van der Waals surface area contributed by atoms with E-state index >= 15 is 0 Å². The van der Waals surface area contributed by atoms with Gasteiger partial charge in [-0.25, -0.2) is 0 Å². The number of halogens is 2. The van der Waals surface area contributed by atoms with Crippen LogP contribution in [0.4, 0.5) is 0 Å². The van der Waals surface area contributed by atoms with Crippen molar-refractivity contribution < 1.29 is 9.53 Å². The minimum atomic E-state index is -0.434. The zero-order valence-corrected chi connectivity index (χ0v) is 13.7. The largest absolute Gasteiger partial charge is 0.459 e. The molecule has 0 fully saturated rings. The van der Waals surface area contributed by atoms with E-state index in [9.17, 15) is 4.79 Å². The molecule has 0 bridgehead atoms. The number of carbonyl (C=O) groups excluding carboxylic acids is 1. The monoisotopic (exact) mass is 347 g/mol. The third-order valence-corrected chi connectivity index (χ3v) is 3.32. The van der Waals surface area contributed by atoms with Crippen LogP contribution in [0, 0.1) is 0 Å². The number of ether oxygens (including phenoxy) is 1. The fourth-order valence-electron chi connectivity index (χ4n) is 2.02. The van der Waals surface area contributed by atoms with E-state index in [0.29, 0.717) is 13.0 Å². The predicted molar refractivity (Wildman–Crippen MR) is 81.6 cm³/mol. The number of hydrogen-bond acceptors (Lipinski definition) is 3. The average Bonchev–Trinajstić information content (AvgIpc) is 2.25. The van der Waals surface area contributed by atoms with Gasteiger partial charge in [0.2, 0.25) is 0 Å². The highest BCUT2D eigenvalue weighted by atomic mass is 79.9. The van der Waals surface area contributed by atoms with Gasteiger partial charge in [-0.2, -0.15) is 0 Å². The van der Waals surface area contributed by atoms with E-state index in [2.05, 4.69) is 33.4 Å². The van der Waals surface area contributed by atoms with Gasteiger partial charge in [-0.05, 0) is 50.5 Å². The van der Waals surface area contributed by atoms with E-state index in [-0.39, 0.29) is 24.4 Å². The second-order valence-corrected chi connectivity index (χ2v) is 6.50. The van der Waals surface area contributed by atoms with Crippen molar-refractivity contribution in [1.29, 1.82) is 0 Å². The Morgan fingerprint density at radius 3 is 2.68 bits per heavy atom. The zero-order chi connectivity index (χ0) is 13.3. The van der Waals surface area contributed by atoms with Gasteiger partial charge in [0.05, 0.1) is 0 Å². The molecular weight excluding hydrogens is 330 g/mol. The van der Waals surface area contributed by atoms with Crippen LogP contribution in [0.3, 0.4) is 0 Å². The van der Waals surface area contributed by atoms with Gasteiger partial charge in [0.1, 0.15) is 11.6 Å². The Kier molecular flexibility index (Phi) is 5.42. The van der Waals surface area contributed by atoms with Crippen LogP contribution in [0.1, 0.15) is 31.9 Å². The summed E-state index contributed by atoms with van der Waals surface area (Å²) >= 11 is 3.46. The maximum absolute atomic E-state index is 12.0. The van der Waals surface area contributed by atoms with Crippen LogP contribution in [0.2, 0.25) is 0 Å². The zero-order valence-electron chi connectivity index (χ0n) is 11.3. The molecule has 2 rings (SSSR count). The summed E-state index contributed by atoms with van der Waals surface area (Å²) in [5.74, 6) is -0.173. The lowest BCUT2D eigenvalue weighted by molar-refractivity contribution is -0.157. The molecule has 1 aliphatic heterocycles. The first kappa shape index (κ1) is 16.5. The molecule has 1 aliphatic rings. The van der Waals surface area contributed by atoms with E-state index in [0.717, 1.165) is 4.47 Å². The van der Waals surface area contributed by atoms with Crippen LogP contribution in [-0.4, -0.2) is 17.6 Å². The van der Waals surface area contributed by atoms with Crippen molar-refractivity contribution in [3.8, 4) is 0 Å². The molecule has 1 aromatic carbocycles. The van der Waals surface area contributed by atoms with E-state index < -0.39 is 5.60 Å². The summed E-state index contributed by atoms with van der Waals surface area (Å²) in [5, 5.41) is 3.23. The molecule has 0 amide bonds. The number of esters is 1. The Labute approximate surface area is 128 Å². The molecule has 0 saturated heterocycles. The summed E-state index contributed by atoms with van der Waals surface area (Å²) < 4.78 is 6.46. The second-order valence-electron chi connectivity index (χ2n) is 5.58. The molecule has 3 nitrogen and oxygen atoms in total. The van der Waals surface area contributed by atoms with Crippen molar-refractivity contribution in [2.75, 3.05) is 0 Å². The van der Waals surface area contributed by atoms with E-state index in [1.807, 2.05) is 26.8 Å². The van der Waals surface area contributed by atoms with Crippen LogP contribution in [0.25, 0.3) is 0 Å². The van der Waals surface area contributed by atoms with Crippen molar-refractivity contribution in [2.45, 2.75) is 45.4 Å². The summed E-state index contributed by atoms with van der Waals surface area (Å²) in [6.45, 7) is 6.38. The summed E-state index contributed by atoms with van der Waals surface area (Å²) in [6, 6.07) is 5.94. The topological polar surface area (TPSA) is 38.3 Å². The molecule has 0 saturated carbocycles.